The maximum Gasteiger partial charge on any atom is 0.273 e. The smallest absolute Gasteiger partial charge is 0.273 e. The SMILES string of the molecule is CC(CO)CNC(=O)c1coc(-c2ccccc2)n1. The molecule has 19 heavy (non-hydrogen) atoms. The van der Waals surface area contributed by atoms with Crippen LogP contribution in [-0.4, -0.2) is 29.1 Å². The first-order chi connectivity index (χ1) is 9.20. The van der Waals surface area contributed by atoms with Crippen molar-refractivity contribution in [3.63, 3.8) is 0 Å². The van der Waals surface area contributed by atoms with Crippen molar-refractivity contribution < 1.29 is 14.3 Å². The average Bonchev–Trinajstić information content (AvgIpc) is 2.95. The Morgan fingerprint density at radius 2 is 2.16 bits per heavy atom. The maximum atomic E-state index is 11.8. The number of rotatable bonds is 5. The van der Waals surface area contributed by atoms with E-state index in [0.717, 1.165) is 5.56 Å². The molecule has 1 atom stereocenters. The Morgan fingerprint density at radius 3 is 2.84 bits per heavy atom. The van der Waals surface area contributed by atoms with Crippen LogP contribution in [0.2, 0.25) is 0 Å². The van der Waals surface area contributed by atoms with Gasteiger partial charge in [0.15, 0.2) is 5.69 Å². The Hall–Kier alpha value is -2.14. The van der Waals surface area contributed by atoms with Gasteiger partial charge in [0.25, 0.3) is 5.91 Å². The van der Waals surface area contributed by atoms with Gasteiger partial charge in [-0.15, -0.1) is 0 Å². The van der Waals surface area contributed by atoms with Crippen LogP contribution in [0.3, 0.4) is 0 Å². The molecule has 1 heterocycles. The molecule has 2 rings (SSSR count). The van der Waals surface area contributed by atoms with Gasteiger partial charge in [0, 0.05) is 18.7 Å². The Balaban J connectivity index is 2.03. The molecule has 0 saturated heterocycles. The van der Waals surface area contributed by atoms with E-state index >= 15 is 0 Å². The number of aliphatic hydroxyl groups is 1. The fourth-order valence-electron chi connectivity index (χ4n) is 1.51. The van der Waals surface area contributed by atoms with E-state index in [2.05, 4.69) is 10.3 Å². The predicted molar refractivity (Wildman–Crippen MR) is 70.5 cm³/mol. The predicted octanol–water partition coefficient (Wildman–Crippen LogP) is 1.70. The number of nitrogens with one attached hydrogen (secondary N) is 1. The van der Waals surface area contributed by atoms with Gasteiger partial charge in [-0.2, -0.15) is 0 Å². The summed E-state index contributed by atoms with van der Waals surface area (Å²) >= 11 is 0. The standard InChI is InChI=1S/C14H16N2O3/c1-10(8-17)7-15-13(18)12-9-19-14(16-12)11-5-3-2-4-6-11/h2-6,9-10,17H,7-8H2,1H3,(H,15,18). The highest BCUT2D eigenvalue weighted by Gasteiger charge is 2.13. The highest BCUT2D eigenvalue weighted by molar-refractivity contribution is 5.92. The molecule has 0 aliphatic heterocycles. The van der Waals surface area contributed by atoms with Crippen molar-refractivity contribution in [2.45, 2.75) is 6.92 Å². The second-order valence-electron chi connectivity index (χ2n) is 4.40. The van der Waals surface area contributed by atoms with Gasteiger partial charge in [0.05, 0.1) is 0 Å². The van der Waals surface area contributed by atoms with E-state index in [4.69, 9.17) is 9.52 Å². The van der Waals surface area contributed by atoms with Crippen molar-refractivity contribution in [3.05, 3.63) is 42.3 Å². The van der Waals surface area contributed by atoms with Crippen molar-refractivity contribution in [1.82, 2.24) is 10.3 Å². The van der Waals surface area contributed by atoms with Crippen molar-refractivity contribution in [2.24, 2.45) is 5.92 Å². The van der Waals surface area contributed by atoms with Crippen molar-refractivity contribution in [1.29, 1.82) is 0 Å². The molecular weight excluding hydrogens is 244 g/mol. The van der Waals surface area contributed by atoms with Gasteiger partial charge < -0.3 is 14.8 Å². The minimum atomic E-state index is -0.300. The van der Waals surface area contributed by atoms with Gasteiger partial charge in [0.2, 0.25) is 5.89 Å². The van der Waals surface area contributed by atoms with Crippen LogP contribution in [0.1, 0.15) is 17.4 Å². The molecule has 0 radical (unpaired) electrons. The fraction of sp³-hybridized carbons (Fsp3) is 0.286. The van der Waals surface area contributed by atoms with Crippen LogP contribution in [0.25, 0.3) is 11.5 Å². The Kier molecular flexibility index (Phi) is 4.30. The quantitative estimate of drug-likeness (QED) is 0.858. The maximum absolute atomic E-state index is 11.8. The van der Waals surface area contributed by atoms with Gasteiger partial charge in [-0.25, -0.2) is 4.98 Å². The minimum Gasteiger partial charge on any atom is -0.444 e. The summed E-state index contributed by atoms with van der Waals surface area (Å²) in [4.78, 5) is 15.9. The van der Waals surface area contributed by atoms with Crippen molar-refractivity contribution in [2.75, 3.05) is 13.2 Å². The molecule has 2 N–H and O–H groups in total. The summed E-state index contributed by atoms with van der Waals surface area (Å²) in [6.45, 7) is 2.29. The number of oxazole rings is 1. The first kappa shape index (κ1) is 13.3. The largest absolute Gasteiger partial charge is 0.444 e. The van der Waals surface area contributed by atoms with Crippen LogP contribution in [-0.2, 0) is 0 Å². The summed E-state index contributed by atoms with van der Waals surface area (Å²) in [7, 11) is 0. The van der Waals surface area contributed by atoms with Crippen LogP contribution in [0, 0.1) is 5.92 Å². The summed E-state index contributed by atoms with van der Waals surface area (Å²) < 4.78 is 5.28. The molecule has 1 aromatic carbocycles. The normalized spacial score (nSPS) is 12.1. The zero-order chi connectivity index (χ0) is 13.7. The molecule has 100 valence electrons. The lowest BCUT2D eigenvalue weighted by Gasteiger charge is -2.07. The molecule has 0 spiro atoms. The third-order valence-corrected chi connectivity index (χ3v) is 2.68. The lowest BCUT2D eigenvalue weighted by molar-refractivity contribution is 0.0937. The molecule has 0 fully saturated rings. The van der Waals surface area contributed by atoms with Crippen molar-refractivity contribution in [3.8, 4) is 11.5 Å². The topological polar surface area (TPSA) is 75.4 Å². The van der Waals surface area contributed by atoms with Gasteiger partial charge >= 0.3 is 0 Å². The Morgan fingerprint density at radius 1 is 1.42 bits per heavy atom. The van der Waals surface area contributed by atoms with E-state index in [1.807, 2.05) is 37.3 Å². The molecule has 5 heteroatoms. The molecule has 1 amide bonds. The second-order valence-corrected chi connectivity index (χ2v) is 4.40. The number of nitrogens with zero attached hydrogens (tertiary/aromatic N) is 1. The van der Waals surface area contributed by atoms with E-state index in [-0.39, 0.29) is 24.1 Å². The Labute approximate surface area is 111 Å². The Bertz CT molecular complexity index is 537. The number of hydrogen-bond donors (Lipinski definition) is 2. The molecule has 0 saturated carbocycles. The van der Waals surface area contributed by atoms with E-state index in [0.29, 0.717) is 12.4 Å². The summed E-state index contributed by atoms with van der Waals surface area (Å²) in [5.74, 6) is 0.136. The second kappa shape index (κ2) is 6.15. The lowest BCUT2D eigenvalue weighted by atomic mass is 10.2. The van der Waals surface area contributed by atoms with Gasteiger partial charge in [-0.05, 0) is 18.1 Å². The molecule has 5 nitrogen and oxygen atoms in total. The van der Waals surface area contributed by atoms with Crippen LogP contribution < -0.4 is 5.32 Å². The summed E-state index contributed by atoms with van der Waals surface area (Å²) in [6, 6.07) is 9.38. The van der Waals surface area contributed by atoms with E-state index in [1.165, 1.54) is 6.26 Å². The summed E-state index contributed by atoms with van der Waals surface area (Å²) in [6.07, 6.45) is 1.33. The number of benzene rings is 1. The van der Waals surface area contributed by atoms with Gasteiger partial charge in [-0.3, -0.25) is 4.79 Å². The third-order valence-electron chi connectivity index (χ3n) is 2.68. The minimum absolute atomic E-state index is 0.0180. The average molecular weight is 260 g/mol. The molecular formula is C14H16N2O3. The number of amides is 1. The number of carbonyl (C=O) groups excluding carboxylic acids is 1. The summed E-state index contributed by atoms with van der Waals surface area (Å²) in [5, 5.41) is 11.6. The van der Waals surface area contributed by atoms with Crippen molar-refractivity contribution >= 4 is 5.91 Å². The number of carbonyl (C=O) groups is 1. The first-order valence-corrected chi connectivity index (χ1v) is 6.10. The van der Waals surface area contributed by atoms with E-state index in [9.17, 15) is 4.79 Å². The number of aliphatic hydroxyl groups excluding tert-OH is 1. The third kappa shape index (κ3) is 3.42. The number of hydrogen-bond acceptors (Lipinski definition) is 4. The highest BCUT2D eigenvalue weighted by atomic mass is 16.3. The molecule has 0 bridgehead atoms. The number of aromatic nitrogens is 1. The molecule has 0 aliphatic carbocycles. The van der Waals surface area contributed by atoms with E-state index < -0.39 is 0 Å². The van der Waals surface area contributed by atoms with Crippen LogP contribution in [0.15, 0.2) is 41.0 Å². The molecule has 2 aromatic rings. The fourth-order valence-corrected chi connectivity index (χ4v) is 1.51. The monoisotopic (exact) mass is 260 g/mol. The van der Waals surface area contributed by atoms with Gasteiger partial charge in [-0.1, -0.05) is 25.1 Å². The molecule has 0 aliphatic rings. The van der Waals surface area contributed by atoms with Crippen LogP contribution >= 0.6 is 0 Å². The zero-order valence-electron chi connectivity index (χ0n) is 10.7. The molecule has 1 aromatic heterocycles. The van der Waals surface area contributed by atoms with Crippen LogP contribution in [0.5, 0.6) is 0 Å². The summed E-state index contributed by atoms with van der Waals surface area (Å²) in [5.41, 5.74) is 1.06. The zero-order valence-corrected chi connectivity index (χ0v) is 10.7. The first-order valence-electron chi connectivity index (χ1n) is 6.10. The van der Waals surface area contributed by atoms with Gasteiger partial charge in [0.1, 0.15) is 6.26 Å². The van der Waals surface area contributed by atoms with E-state index in [1.54, 1.807) is 0 Å². The molecule has 1 unspecified atom stereocenters. The lowest BCUT2D eigenvalue weighted by Crippen LogP contribution is -2.29. The highest BCUT2D eigenvalue weighted by Crippen LogP contribution is 2.17. The van der Waals surface area contributed by atoms with Crippen LogP contribution in [0.4, 0.5) is 0 Å².